The highest BCUT2D eigenvalue weighted by molar-refractivity contribution is 5.98. The minimum absolute atomic E-state index is 0.0507. The van der Waals surface area contributed by atoms with Crippen LogP contribution in [-0.4, -0.2) is 45.0 Å². The van der Waals surface area contributed by atoms with Crippen molar-refractivity contribution in [2.45, 2.75) is 102 Å². The highest BCUT2D eigenvalue weighted by Crippen LogP contribution is 2.47. The number of hydrogen-bond acceptors (Lipinski definition) is 5. The fraction of sp³-hybridized carbons (Fsp3) is 0.600. The van der Waals surface area contributed by atoms with Gasteiger partial charge in [-0.1, -0.05) is 37.8 Å². The molecule has 3 heterocycles. The van der Waals surface area contributed by atoms with Gasteiger partial charge in [-0.2, -0.15) is 0 Å². The number of halogens is 1. The van der Waals surface area contributed by atoms with Crippen LogP contribution >= 0.6 is 0 Å². The molecule has 0 spiro atoms. The lowest BCUT2D eigenvalue weighted by molar-refractivity contribution is -0.108. The first-order valence-corrected chi connectivity index (χ1v) is 14.6. The average molecular weight is 536 g/mol. The van der Waals surface area contributed by atoms with Crippen molar-refractivity contribution in [1.29, 1.82) is 0 Å². The lowest BCUT2D eigenvalue weighted by Gasteiger charge is -2.55. The molecule has 2 saturated carbocycles. The average Bonchev–Trinajstić information content (AvgIpc) is 2.90. The van der Waals surface area contributed by atoms with Gasteiger partial charge in [-0.3, -0.25) is 19.8 Å². The van der Waals surface area contributed by atoms with Crippen LogP contribution in [0.2, 0.25) is 0 Å². The Bertz CT molecular complexity index is 1310. The molecule has 1 aromatic heterocycles. The minimum atomic E-state index is -0.928. The van der Waals surface area contributed by atoms with E-state index in [1.807, 2.05) is 23.5 Å². The summed E-state index contributed by atoms with van der Waals surface area (Å²) >= 11 is 0. The monoisotopic (exact) mass is 535 g/mol. The topological polar surface area (TPSA) is 87.5 Å². The number of aromatic nitrogens is 2. The second-order valence-electron chi connectivity index (χ2n) is 12.1. The SMILES string of the molecule is CC(F)=CN(C(=O)NC=O)c1nc2ccccc2n(C2CC3CCCC(C2)N3C2CC3CCCC(C3)C2)c1=O. The Hall–Kier alpha value is -3.07. The maximum atomic E-state index is 14.1. The van der Waals surface area contributed by atoms with Gasteiger partial charge < -0.3 is 4.57 Å². The number of amides is 3. The van der Waals surface area contributed by atoms with E-state index < -0.39 is 17.4 Å². The molecule has 2 aromatic rings. The molecule has 6 rings (SSSR count). The first-order valence-electron chi connectivity index (χ1n) is 14.6. The molecule has 9 heteroatoms. The molecule has 4 unspecified atom stereocenters. The third-order valence-electron chi connectivity index (χ3n) is 9.61. The van der Waals surface area contributed by atoms with Crippen molar-refractivity contribution in [3.05, 3.63) is 46.6 Å². The predicted octanol–water partition coefficient (Wildman–Crippen LogP) is 5.43. The van der Waals surface area contributed by atoms with Crippen molar-refractivity contribution in [2.75, 3.05) is 4.90 Å². The number of rotatable bonds is 5. The number of nitrogens with one attached hydrogen (secondary N) is 1. The van der Waals surface area contributed by atoms with Gasteiger partial charge in [0.1, 0.15) is 5.83 Å². The van der Waals surface area contributed by atoms with Crippen molar-refractivity contribution in [2.24, 2.45) is 11.8 Å². The predicted molar refractivity (Wildman–Crippen MR) is 148 cm³/mol. The van der Waals surface area contributed by atoms with E-state index in [-0.39, 0.29) is 18.3 Å². The van der Waals surface area contributed by atoms with Gasteiger partial charge >= 0.3 is 6.03 Å². The number of carbonyl (C=O) groups excluding carboxylic acids is 2. The Morgan fingerprint density at radius 1 is 0.974 bits per heavy atom. The lowest BCUT2D eigenvalue weighted by Crippen LogP contribution is -2.58. The quantitative estimate of drug-likeness (QED) is 0.516. The third kappa shape index (κ3) is 5.01. The van der Waals surface area contributed by atoms with Crippen LogP contribution in [0.3, 0.4) is 0 Å². The highest BCUT2D eigenvalue weighted by Gasteiger charge is 2.45. The summed E-state index contributed by atoms with van der Waals surface area (Å²) in [4.78, 5) is 45.9. The Morgan fingerprint density at radius 3 is 2.31 bits per heavy atom. The van der Waals surface area contributed by atoms with Gasteiger partial charge in [0.25, 0.3) is 5.56 Å². The third-order valence-corrected chi connectivity index (χ3v) is 9.61. The number of urea groups is 1. The van der Waals surface area contributed by atoms with E-state index in [0.717, 1.165) is 48.6 Å². The molecule has 208 valence electrons. The summed E-state index contributed by atoms with van der Waals surface area (Å²) in [6.07, 6.45) is 14.5. The second kappa shape index (κ2) is 10.8. The molecule has 39 heavy (non-hydrogen) atoms. The molecule has 2 aliphatic carbocycles. The normalized spacial score (nSPS) is 31.1. The van der Waals surface area contributed by atoms with Crippen LogP contribution in [-0.2, 0) is 4.79 Å². The van der Waals surface area contributed by atoms with Crippen molar-refractivity contribution in [3.8, 4) is 0 Å². The first kappa shape index (κ1) is 26.2. The number of anilines is 1. The molecule has 4 bridgehead atoms. The number of allylic oxidation sites excluding steroid dienone is 1. The smallest absolute Gasteiger partial charge is 0.300 e. The Labute approximate surface area is 228 Å². The van der Waals surface area contributed by atoms with Crippen LogP contribution in [0.5, 0.6) is 0 Å². The summed E-state index contributed by atoms with van der Waals surface area (Å²) in [7, 11) is 0. The fourth-order valence-corrected chi connectivity index (χ4v) is 8.31. The van der Waals surface area contributed by atoms with E-state index in [1.165, 1.54) is 51.9 Å². The molecular weight excluding hydrogens is 497 g/mol. The number of hydrogen-bond donors (Lipinski definition) is 1. The van der Waals surface area contributed by atoms with Gasteiger partial charge in [0.2, 0.25) is 12.2 Å². The Morgan fingerprint density at radius 2 is 1.64 bits per heavy atom. The summed E-state index contributed by atoms with van der Waals surface area (Å²) < 4.78 is 15.8. The number of benzene rings is 1. The highest BCUT2D eigenvalue weighted by atomic mass is 19.1. The largest absolute Gasteiger partial charge is 0.333 e. The number of nitrogens with zero attached hydrogens (tertiary/aromatic N) is 4. The molecule has 1 aromatic carbocycles. The lowest BCUT2D eigenvalue weighted by atomic mass is 9.68. The van der Waals surface area contributed by atoms with Gasteiger partial charge in [-0.25, -0.2) is 19.1 Å². The molecule has 8 nitrogen and oxygen atoms in total. The number of piperidine rings is 2. The summed E-state index contributed by atoms with van der Waals surface area (Å²) in [5, 5.41) is 2.02. The molecule has 2 aliphatic heterocycles. The number of carbonyl (C=O) groups is 2. The summed E-state index contributed by atoms with van der Waals surface area (Å²) in [5.74, 6) is 0.839. The van der Waals surface area contributed by atoms with Crippen molar-refractivity contribution in [3.63, 3.8) is 0 Å². The molecule has 2 saturated heterocycles. The van der Waals surface area contributed by atoms with Crippen LogP contribution in [0.1, 0.15) is 83.6 Å². The summed E-state index contributed by atoms with van der Waals surface area (Å²) in [6, 6.07) is 7.93. The van der Waals surface area contributed by atoms with Crippen LogP contribution in [0.4, 0.5) is 15.0 Å². The Kier molecular flexibility index (Phi) is 7.27. The zero-order valence-electron chi connectivity index (χ0n) is 22.6. The molecule has 3 amide bonds. The van der Waals surface area contributed by atoms with Crippen LogP contribution < -0.4 is 15.8 Å². The van der Waals surface area contributed by atoms with Crippen molar-refractivity contribution >= 4 is 29.3 Å². The first-order chi connectivity index (χ1) is 18.9. The van der Waals surface area contributed by atoms with E-state index in [1.54, 1.807) is 10.6 Å². The van der Waals surface area contributed by atoms with Gasteiger partial charge in [-0.05, 0) is 75.8 Å². The van der Waals surface area contributed by atoms with Crippen LogP contribution in [0, 0.1) is 11.8 Å². The van der Waals surface area contributed by atoms with Gasteiger partial charge in [0.15, 0.2) is 0 Å². The summed E-state index contributed by atoms with van der Waals surface area (Å²) in [5.41, 5.74) is 0.816. The van der Waals surface area contributed by atoms with Gasteiger partial charge in [-0.15, -0.1) is 0 Å². The number of para-hydroxylation sites is 2. The zero-order chi connectivity index (χ0) is 27.1. The molecule has 4 fully saturated rings. The zero-order valence-corrected chi connectivity index (χ0v) is 22.6. The van der Waals surface area contributed by atoms with Gasteiger partial charge in [0.05, 0.1) is 11.0 Å². The van der Waals surface area contributed by atoms with Crippen LogP contribution in [0.15, 0.2) is 41.1 Å². The second-order valence-corrected chi connectivity index (χ2v) is 12.1. The van der Waals surface area contributed by atoms with E-state index in [0.29, 0.717) is 29.2 Å². The van der Waals surface area contributed by atoms with E-state index in [9.17, 15) is 18.8 Å². The van der Waals surface area contributed by atoms with Crippen molar-refractivity contribution < 1.29 is 14.0 Å². The maximum absolute atomic E-state index is 14.1. The number of imide groups is 1. The standard InChI is InChI=1S/C30H38FN5O3/c1-19(31)17-34(30(39)32-18-37)28-29(38)36(27-11-3-2-10-26(27)33-28)25-15-22-8-5-9-23(16-25)35(22)24-13-20-6-4-7-21(12-20)14-24/h2-3,10-11,17-18,20-25H,4-9,12-16H2,1H3,(H,32,37,39). The van der Waals surface area contributed by atoms with E-state index in [2.05, 4.69) is 9.88 Å². The Balaban J connectivity index is 1.38. The molecule has 4 atom stereocenters. The van der Waals surface area contributed by atoms with Crippen molar-refractivity contribution in [1.82, 2.24) is 19.8 Å². The van der Waals surface area contributed by atoms with Crippen LogP contribution in [0.25, 0.3) is 11.0 Å². The fourth-order valence-electron chi connectivity index (χ4n) is 8.31. The number of fused-ring (bicyclic) bond motifs is 5. The molecule has 1 N–H and O–H groups in total. The molecule has 0 radical (unpaired) electrons. The summed E-state index contributed by atoms with van der Waals surface area (Å²) in [6.45, 7) is 1.18. The van der Waals surface area contributed by atoms with Gasteiger partial charge in [0, 0.05) is 30.4 Å². The van der Waals surface area contributed by atoms with E-state index >= 15 is 0 Å². The molecule has 4 aliphatic rings. The minimum Gasteiger partial charge on any atom is -0.300 e. The maximum Gasteiger partial charge on any atom is 0.333 e. The molecular formula is C30H38FN5O3. The van der Waals surface area contributed by atoms with E-state index in [4.69, 9.17) is 0 Å².